The first-order valence-electron chi connectivity index (χ1n) is 6.55. The fraction of sp³-hybridized carbons (Fsp3) is 0.429. The van der Waals surface area contributed by atoms with Gasteiger partial charge in [-0.2, -0.15) is 0 Å². The zero-order valence-electron chi connectivity index (χ0n) is 11.4. The van der Waals surface area contributed by atoms with Crippen LogP contribution in [0.4, 0.5) is 0 Å². The van der Waals surface area contributed by atoms with Crippen LogP contribution in [0, 0.1) is 0 Å². The number of carboxylic acids is 1. The first kappa shape index (κ1) is 17.8. The second-order valence-electron chi connectivity index (χ2n) is 4.42. The second-order valence-corrected chi connectivity index (χ2v) is 5.71. The number of hydrogen-bond acceptors (Lipinski definition) is 3. The second kappa shape index (κ2) is 9.63. The summed E-state index contributed by atoms with van der Waals surface area (Å²) in [5.74, 6) is -0.452. The minimum atomic E-state index is -0.791. The van der Waals surface area contributed by atoms with Crippen molar-refractivity contribution in [3.8, 4) is 5.75 Å². The Kier molecular flexibility index (Phi) is 8.15. The number of aliphatic carboxylic acids is 1. The molecule has 1 amide bonds. The summed E-state index contributed by atoms with van der Waals surface area (Å²) in [5.41, 5.74) is 0. The molecule has 1 aromatic carbocycles. The number of halogens is 2. The zero-order chi connectivity index (χ0) is 15.7. The highest BCUT2D eigenvalue weighted by atomic mass is 79.9. The number of rotatable bonds is 9. The van der Waals surface area contributed by atoms with E-state index < -0.39 is 5.97 Å². The van der Waals surface area contributed by atoms with Crippen LogP contribution in [0.3, 0.4) is 0 Å². The van der Waals surface area contributed by atoms with Gasteiger partial charge in [-0.3, -0.25) is 9.59 Å². The van der Waals surface area contributed by atoms with E-state index in [2.05, 4.69) is 21.2 Å². The van der Waals surface area contributed by atoms with Crippen molar-refractivity contribution < 1.29 is 19.4 Å². The lowest BCUT2D eigenvalue weighted by Gasteiger charge is -2.09. The molecule has 0 aliphatic rings. The Bertz CT molecular complexity index is 496. The highest BCUT2D eigenvalue weighted by Crippen LogP contribution is 2.27. The van der Waals surface area contributed by atoms with Crippen LogP contribution in [0.15, 0.2) is 22.7 Å². The van der Waals surface area contributed by atoms with Crippen molar-refractivity contribution in [1.82, 2.24) is 5.32 Å². The number of amides is 1. The summed E-state index contributed by atoms with van der Waals surface area (Å²) < 4.78 is 6.06. The van der Waals surface area contributed by atoms with E-state index >= 15 is 0 Å². The van der Waals surface area contributed by atoms with Gasteiger partial charge in [-0.05, 0) is 47.0 Å². The van der Waals surface area contributed by atoms with Crippen molar-refractivity contribution in [3.63, 3.8) is 0 Å². The Morgan fingerprint density at radius 3 is 2.71 bits per heavy atom. The van der Waals surface area contributed by atoms with E-state index in [4.69, 9.17) is 21.4 Å². The van der Waals surface area contributed by atoms with Gasteiger partial charge in [0.1, 0.15) is 5.75 Å². The lowest BCUT2D eigenvalue weighted by atomic mass is 10.2. The summed E-state index contributed by atoms with van der Waals surface area (Å²) in [6.45, 7) is 0.443. The number of unbranched alkanes of at least 4 members (excludes halogenated alkanes) is 2. The molecular weight excluding hydrogens is 362 g/mol. The number of carbonyl (C=O) groups excluding carboxylic acids is 1. The molecular formula is C14H17BrClNO4. The third kappa shape index (κ3) is 7.92. The van der Waals surface area contributed by atoms with Gasteiger partial charge < -0.3 is 15.2 Å². The summed E-state index contributed by atoms with van der Waals surface area (Å²) in [6.07, 6.45) is 2.32. The Labute approximate surface area is 136 Å². The summed E-state index contributed by atoms with van der Waals surface area (Å²) in [6, 6.07) is 5.06. The van der Waals surface area contributed by atoms with E-state index in [1.807, 2.05) is 0 Å². The van der Waals surface area contributed by atoms with Gasteiger partial charge in [0.05, 0.1) is 4.47 Å². The molecule has 0 aliphatic carbocycles. The van der Waals surface area contributed by atoms with E-state index in [1.165, 1.54) is 0 Å². The molecule has 0 fully saturated rings. The highest BCUT2D eigenvalue weighted by molar-refractivity contribution is 9.10. The molecule has 7 heteroatoms. The van der Waals surface area contributed by atoms with Crippen LogP contribution < -0.4 is 10.1 Å². The summed E-state index contributed by atoms with van der Waals surface area (Å²) >= 11 is 9.11. The SMILES string of the molecule is O=C(O)CCCCCNC(=O)COc1ccc(Cl)cc1Br. The fourth-order valence-electron chi connectivity index (χ4n) is 1.59. The number of hydrogen-bond donors (Lipinski definition) is 2. The van der Waals surface area contributed by atoms with E-state index in [-0.39, 0.29) is 18.9 Å². The standard InChI is InChI=1S/C14H17BrClNO4/c15-11-8-10(16)5-6-12(11)21-9-13(18)17-7-3-1-2-4-14(19)20/h5-6,8H,1-4,7,9H2,(H,17,18)(H,19,20). The molecule has 1 rings (SSSR count). The van der Waals surface area contributed by atoms with Gasteiger partial charge in [-0.15, -0.1) is 0 Å². The molecule has 0 aliphatic heterocycles. The number of ether oxygens (including phenoxy) is 1. The van der Waals surface area contributed by atoms with Crippen LogP contribution >= 0.6 is 27.5 Å². The maximum atomic E-state index is 11.6. The molecule has 2 N–H and O–H groups in total. The fourth-order valence-corrected chi connectivity index (χ4v) is 2.39. The predicted molar refractivity (Wildman–Crippen MR) is 83.8 cm³/mol. The van der Waals surface area contributed by atoms with Gasteiger partial charge in [-0.25, -0.2) is 0 Å². The molecule has 116 valence electrons. The molecule has 0 bridgehead atoms. The van der Waals surface area contributed by atoms with E-state index in [0.29, 0.717) is 28.2 Å². The molecule has 0 radical (unpaired) electrons. The van der Waals surface area contributed by atoms with Gasteiger partial charge in [-0.1, -0.05) is 18.0 Å². The molecule has 0 aromatic heterocycles. The van der Waals surface area contributed by atoms with Crippen LogP contribution in [0.5, 0.6) is 5.75 Å². The third-order valence-corrected chi connectivity index (χ3v) is 3.50. The predicted octanol–water partition coefficient (Wildman–Crippen LogP) is 3.24. The molecule has 21 heavy (non-hydrogen) atoms. The number of benzene rings is 1. The minimum absolute atomic E-state index is 0.0740. The average molecular weight is 379 g/mol. The Balaban J connectivity index is 2.15. The van der Waals surface area contributed by atoms with Crippen molar-refractivity contribution >= 4 is 39.4 Å². The maximum Gasteiger partial charge on any atom is 0.303 e. The van der Waals surface area contributed by atoms with Crippen LogP contribution in [-0.4, -0.2) is 30.1 Å². The Morgan fingerprint density at radius 2 is 2.05 bits per heavy atom. The van der Waals surface area contributed by atoms with Crippen molar-refractivity contribution in [1.29, 1.82) is 0 Å². The van der Waals surface area contributed by atoms with Crippen LogP contribution in [0.2, 0.25) is 5.02 Å². The average Bonchev–Trinajstić information content (AvgIpc) is 2.41. The topological polar surface area (TPSA) is 75.6 Å². The van der Waals surface area contributed by atoms with Crippen LogP contribution in [-0.2, 0) is 9.59 Å². The van der Waals surface area contributed by atoms with E-state index in [0.717, 1.165) is 12.8 Å². The summed E-state index contributed by atoms with van der Waals surface area (Å²) in [7, 11) is 0. The van der Waals surface area contributed by atoms with Gasteiger partial charge in [0, 0.05) is 18.0 Å². The number of carbonyl (C=O) groups is 2. The molecule has 5 nitrogen and oxygen atoms in total. The summed E-state index contributed by atoms with van der Waals surface area (Å²) in [4.78, 5) is 21.9. The van der Waals surface area contributed by atoms with Crippen LogP contribution in [0.25, 0.3) is 0 Å². The lowest BCUT2D eigenvalue weighted by Crippen LogP contribution is -2.29. The Morgan fingerprint density at radius 1 is 1.29 bits per heavy atom. The van der Waals surface area contributed by atoms with Crippen molar-refractivity contribution in [2.45, 2.75) is 25.7 Å². The summed E-state index contributed by atoms with van der Waals surface area (Å²) in [5, 5.41) is 11.8. The third-order valence-electron chi connectivity index (χ3n) is 2.64. The first-order chi connectivity index (χ1) is 9.99. The lowest BCUT2D eigenvalue weighted by molar-refractivity contribution is -0.137. The molecule has 0 heterocycles. The molecule has 0 saturated carbocycles. The van der Waals surface area contributed by atoms with E-state index in [9.17, 15) is 9.59 Å². The highest BCUT2D eigenvalue weighted by Gasteiger charge is 2.06. The van der Waals surface area contributed by atoms with Gasteiger partial charge >= 0.3 is 5.97 Å². The molecule has 0 saturated heterocycles. The van der Waals surface area contributed by atoms with E-state index in [1.54, 1.807) is 18.2 Å². The zero-order valence-corrected chi connectivity index (χ0v) is 13.7. The monoisotopic (exact) mass is 377 g/mol. The number of carboxylic acid groups (broad SMARTS) is 1. The minimum Gasteiger partial charge on any atom is -0.483 e. The van der Waals surface area contributed by atoms with Crippen LogP contribution in [0.1, 0.15) is 25.7 Å². The maximum absolute atomic E-state index is 11.6. The van der Waals surface area contributed by atoms with Gasteiger partial charge in [0.25, 0.3) is 5.91 Å². The smallest absolute Gasteiger partial charge is 0.303 e. The van der Waals surface area contributed by atoms with Crippen molar-refractivity contribution in [2.75, 3.05) is 13.2 Å². The number of nitrogens with one attached hydrogen (secondary N) is 1. The largest absolute Gasteiger partial charge is 0.483 e. The quantitative estimate of drug-likeness (QED) is 0.647. The molecule has 0 atom stereocenters. The van der Waals surface area contributed by atoms with Gasteiger partial charge in [0.15, 0.2) is 6.61 Å². The van der Waals surface area contributed by atoms with Crippen molar-refractivity contribution in [3.05, 3.63) is 27.7 Å². The molecule has 0 spiro atoms. The van der Waals surface area contributed by atoms with Gasteiger partial charge in [0.2, 0.25) is 0 Å². The Hall–Kier alpha value is -1.27. The van der Waals surface area contributed by atoms with Crippen molar-refractivity contribution in [2.24, 2.45) is 0 Å². The first-order valence-corrected chi connectivity index (χ1v) is 7.72. The molecule has 1 aromatic rings. The normalized spacial score (nSPS) is 10.2. The molecule has 0 unspecified atom stereocenters.